The SMILES string of the molecule is C/C=C/COC(=O)C1(CC)CCC(=O)N(OCc2ccccc2)C1=O. The minimum absolute atomic E-state index is 0.0626. The molecule has 1 aliphatic heterocycles. The molecule has 1 unspecified atom stereocenters. The monoisotopic (exact) mass is 345 g/mol. The van der Waals surface area contributed by atoms with Crippen molar-refractivity contribution in [2.24, 2.45) is 5.41 Å². The summed E-state index contributed by atoms with van der Waals surface area (Å²) in [6.45, 7) is 3.72. The number of imide groups is 1. The molecule has 0 aliphatic carbocycles. The topological polar surface area (TPSA) is 72.9 Å². The van der Waals surface area contributed by atoms with E-state index in [1.54, 1.807) is 19.1 Å². The first-order valence-electron chi connectivity index (χ1n) is 8.37. The Morgan fingerprint density at radius 1 is 1.28 bits per heavy atom. The van der Waals surface area contributed by atoms with Gasteiger partial charge in [0.1, 0.15) is 18.6 Å². The van der Waals surface area contributed by atoms with Gasteiger partial charge in [-0.1, -0.05) is 49.4 Å². The van der Waals surface area contributed by atoms with E-state index in [4.69, 9.17) is 9.57 Å². The van der Waals surface area contributed by atoms with E-state index >= 15 is 0 Å². The summed E-state index contributed by atoms with van der Waals surface area (Å²) in [5, 5.41) is 0.733. The standard InChI is InChI=1S/C19H23NO5/c1-3-5-13-24-18(23)19(4-2)12-11-16(21)20(17(19)22)25-14-15-9-7-6-8-10-15/h3,5-10H,4,11-14H2,1-2H3/b5-3+. The van der Waals surface area contributed by atoms with Crippen molar-refractivity contribution in [3.05, 3.63) is 48.0 Å². The average Bonchev–Trinajstić information content (AvgIpc) is 2.63. The first-order chi connectivity index (χ1) is 12.0. The van der Waals surface area contributed by atoms with Crippen LogP contribution in [0.25, 0.3) is 0 Å². The third-order valence-electron chi connectivity index (χ3n) is 4.33. The van der Waals surface area contributed by atoms with Crippen LogP contribution >= 0.6 is 0 Å². The average molecular weight is 345 g/mol. The molecule has 0 aromatic heterocycles. The molecule has 6 nitrogen and oxygen atoms in total. The highest BCUT2D eigenvalue weighted by molar-refractivity contribution is 6.10. The number of hydrogen-bond acceptors (Lipinski definition) is 5. The quantitative estimate of drug-likeness (QED) is 0.329. The second kappa shape index (κ2) is 8.58. The second-order valence-electron chi connectivity index (χ2n) is 5.86. The molecule has 0 radical (unpaired) electrons. The van der Waals surface area contributed by atoms with Crippen molar-refractivity contribution < 1.29 is 24.0 Å². The summed E-state index contributed by atoms with van der Waals surface area (Å²) < 4.78 is 5.19. The smallest absolute Gasteiger partial charge is 0.322 e. The molecule has 6 heteroatoms. The zero-order chi connectivity index (χ0) is 18.3. The van der Waals surface area contributed by atoms with Crippen LogP contribution in [-0.4, -0.2) is 29.5 Å². The van der Waals surface area contributed by atoms with Gasteiger partial charge in [-0.3, -0.25) is 19.2 Å². The summed E-state index contributed by atoms with van der Waals surface area (Å²) in [4.78, 5) is 42.9. The zero-order valence-corrected chi connectivity index (χ0v) is 14.6. The number of amides is 2. The maximum absolute atomic E-state index is 12.8. The highest BCUT2D eigenvalue weighted by atomic mass is 16.7. The van der Waals surface area contributed by atoms with Gasteiger partial charge in [0, 0.05) is 6.42 Å². The molecule has 25 heavy (non-hydrogen) atoms. The van der Waals surface area contributed by atoms with Crippen LogP contribution in [0.15, 0.2) is 42.5 Å². The van der Waals surface area contributed by atoms with Gasteiger partial charge in [0.2, 0.25) is 0 Å². The first-order valence-corrected chi connectivity index (χ1v) is 8.37. The third-order valence-corrected chi connectivity index (χ3v) is 4.33. The number of carbonyl (C=O) groups is 3. The Hall–Kier alpha value is -2.47. The molecule has 0 N–H and O–H groups in total. The van der Waals surface area contributed by atoms with Gasteiger partial charge in [-0.25, -0.2) is 0 Å². The molecular formula is C19H23NO5. The summed E-state index contributed by atoms with van der Waals surface area (Å²) in [7, 11) is 0. The van der Waals surface area contributed by atoms with Gasteiger partial charge in [0.05, 0.1) is 0 Å². The van der Waals surface area contributed by atoms with Crippen LogP contribution in [0.4, 0.5) is 0 Å². The van der Waals surface area contributed by atoms with Crippen LogP contribution in [0.2, 0.25) is 0 Å². The molecule has 1 saturated heterocycles. The fraction of sp³-hybridized carbons (Fsp3) is 0.421. The predicted octanol–water partition coefficient (Wildman–Crippen LogP) is 2.78. The summed E-state index contributed by atoms with van der Waals surface area (Å²) >= 11 is 0. The van der Waals surface area contributed by atoms with E-state index in [0.29, 0.717) is 0 Å². The highest BCUT2D eigenvalue weighted by Crippen LogP contribution is 2.37. The van der Waals surface area contributed by atoms with Gasteiger partial charge in [0.15, 0.2) is 0 Å². The largest absolute Gasteiger partial charge is 0.461 e. The Balaban J connectivity index is 2.13. The molecule has 2 amide bonds. The van der Waals surface area contributed by atoms with Gasteiger partial charge in [-0.15, -0.1) is 0 Å². The maximum atomic E-state index is 12.8. The Labute approximate surface area is 147 Å². The Morgan fingerprint density at radius 2 is 2.00 bits per heavy atom. The van der Waals surface area contributed by atoms with Crippen LogP contribution < -0.4 is 0 Å². The lowest BCUT2D eigenvalue weighted by Gasteiger charge is -2.36. The molecule has 0 bridgehead atoms. The normalized spacial score (nSPS) is 21.0. The zero-order valence-electron chi connectivity index (χ0n) is 14.6. The van der Waals surface area contributed by atoms with Crippen LogP contribution in [0, 0.1) is 5.41 Å². The summed E-state index contributed by atoms with van der Waals surface area (Å²) in [6.07, 6.45) is 3.89. The van der Waals surface area contributed by atoms with E-state index in [2.05, 4.69) is 0 Å². The minimum atomic E-state index is -1.37. The Bertz CT molecular complexity index is 655. The summed E-state index contributed by atoms with van der Waals surface area (Å²) in [5.74, 6) is -1.70. The van der Waals surface area contributed by atoms with Gasteiger partial charge < -0.3 is 4.74 Å². The van der Waals surface area contributed by atoms with E-state index in [1.807, 2.05) is 37.3 Å². The van der Waals surface area contributed by atoms with Crippen LogP contribution in [0.3, 0.4) is 0 Å². The van der Waals surface area contributed by atoms with Crippen molar-refractivity contribution >= 4 is 17.8 Å². The van der Waals surface area contributed by atoms with Gasteiger partial charge in [0.25, 0.3) is 11.8 Å². The first kappa shape index (κ1) is 18.9. The van der Waals surface area contributed by atoms with Crippen LogP contribution in [-0.2, 0) is 30.6 Å². The van der Waals surface area contributed by atoms with Crippen molar-refractivity contribution in [1.29, 1.82) is 0 Å². The maximum Gasteiger partial charge on any atom is 0.322 e. The third kappa shape index (κ3) is 4.14. The molecule has 1 atom stereocenters. The van der Waals surface area contributed by atoms with Crippen molar-refractivity contribution in [3.63, 3.8) is 0 Å². The molecule has 2 rings (SSSR count). The number of hydroxylamine groups is 2. The van der Waals surface area contributed by atoms with Crippen molar-refractivity contribution in [3.8, 4) is 0 Å². The number of allylic oxidation sites excluding steroid dienone is 1. The van der Waals surface area contributed by atoms with Crippen molar-refractivity contribution in [2.75, 3.05) is 6.61 Å². The lowest BCUT2D eigenvalue weighted by atomic mass is 9.77. The van der Waals surface area contributed by atoms with Crippen molar-refractivity contribution in [2.45, 2.75) is 39.7 Å². The molecule has 1 aromatic rings. The number of piperidine rings is 1. The number of ether oxygens (including phenoxy) is 1. The van der Waals surface area contributed by atoms with Gasteiger partial charge >= 0.3 is 5.97 Å². The molecule has 1 aliphatic rings. The molecular weight excluding hydrogens is 322 g/mol. The Kier molecular flexibility index (Phi) is 6.47. The van der Waals surface area contributed by atoms with E-state index in [0.717, 1.165) is 10.6 Å². The van der Waals surface area contributed by atoms with Crippen molar-refractivity contribution in [1.82, 2.24) is 5.06 Å². The number of nitrogens with zero attached hydrogens (tertiary/aromatic N) is 1. The molecule has 0 saturated carbocycles. The van der Waals surface area contributed by atoms with E-state index in [1.165, 1.54) is 0 Å². The number of benzene rings is 1. The van der Waals surface area contributed by atoms with Crippen LogP contribution in [0.1, 0.15) is 38.7 Å². The molecule has 134 valence electrons. The summed E-state index contributed by atoms with van der Waals surface area (Å²) in [6, 6.07) is 9.21. The minimum Gasteiger partial charge on any atom is -0.461 e. The molecule has 1 aromatic carbocycles. The fourth-order valence-electron chi connectivity index (χ4n) is 2.70. The molecule has 1 fully saturated rings. The van der Waals surface area contributed by atoms with E-state index in [9.17, 15) is 14.4 Å². The fourth-order valence-corrected chi connectivity index (χ4v) is 2.70. The predicted molar refractivity (Wildman–Crippen MR) is 90.8 cm³/mol. The van der Waals surface area contributed by atoms with E-state index < -0.39 is 23.2 Å². The van der Waals surface area contributed by atoms with E-state index in [-0.39, 0.29) is 32.5 Å². The second-order valence-corrected chi connectivity index (χ2v) is 5.86. The lowest BCUT2D eigenvalue weighted by molar-refractivity contribution is -0.215. The lowest BCUT2D eigenvalue weighted by Crippen LogP contribution is -2.55. The van der Waals surface area contributed by atoms with Gasteiger partial charge in [-0.05, 0) is 25.3 Å². The number of hydrogen-bond donors (Lipinski definition) is 0. The Morgan fingerprint density at radius 3 is 2.64 bits per heavy atom. The molecule has 1 heterocycles. The summed E-state index contributed by atoms with van der Waals surface area (Å²) in [5.41, 5.74) is -0.543. The molecule has 0 spiro atoms. The number of rotatable bonds is 7. The van der Waals surface area contributed by atoms with Crippen LogP contribution in [0.5, 0.6) is 0 Å². The number of carbonyl (C=O) groups excluding carboxylic acids is 3. The highest BCUT2D eigenvalue weighted by Gasteiger charge is 2.53. The van der Waals surface area contributed by atoms with Gasteiger partial charge in [-0.2, -0.15) is 5.06 Å². The number of esters is 1.